The maximum atomic E-state index is 12.2. The van der Waals surface area contributed by atoms with Crippen molar-refractivity contribution in [3.05, 3.63) is 65.2 Å². The minimum Gasteiger partial charge on any atom is -0.483 e. The fourth-order valence-electron chi connectivity index (χ4n) is 2.89. The predicted octanol–water partition coefficient (Wildman–Crippen LogP) is 1.44. The Morgan fingerprint density at radius 3 is 2.63 bits per heavy atom. The maximum absolute atomic E-state index is 12.2. The lowest BCUT2D eigenvalue weighted by atomic mass is 10.0. The average Bonchev–Trinajstić information content (AvgIpc) is 3.18. The number of rotatable bonds is 5. The Labute approximate surface area is 158 Å². The summed E-state index contributed by atoms with van der Waals surface area (Å²) in [6, 6.07) is 15.3. The zero-order valence-electron chi connectivity index (χ0n) is 15.4. The molecular formula is C20H24N4O3. The van der Waals surface area contributed by atoms with E-state index < -0.39 is 11.9 Å². The molecule has 1 aliphatic rings. The third-order valence-electron chi connectivity index (χ3n) is 4.45. The summed E-state index contributed by atoms with van der Waals surface area (Å²) in [4.78, 5) is 24.2. The lowest BCUT2D eigenvalue weighted by Gasteiger charge is -2.13. The van der Waals surface area contributed by atoms with Crippen molar-refractivity contribution in [2.45, 2.75) is 32.4 Å². The molecule has 2 amide bonds. The highest BCUT2D eigenvalue weighted by atomic mass is 16.5. The molecule has 0 aromatic heterocycles. The van der Waals surface area contributed by atoms with Crippen LogP contribution in [0.25, 0.3) is 0 Å². The van der Waals surface area contributed by atoms with Crippen LogP contribution in [0.15, 0.2) is 48.5 Å². The number of hydrogen-bond acceptors (Lipinski definition) is 5. The summed E-state index contributed by atoms with van der Waals surface area (Å²) in [5.74, 6) is -0.0697. The minimum atomic E-state index is -0.435. The van der Waals surface area contributed by atoms with E-state index in [4.69, 9.17) is 4.74 Å². The number of carbonyl (C=O) groups excluding carboxylic acids is 2. The van der Waals surface area contributed by atoms with Gasteiger partial charge in [-0.3, -0.25) is 20.4 Å². The molecule has 7 heteroatoms. The summed E-state index contributed by atoms with van der Waals surface area (Å²) in [5, 5.41) is 0. The summed E-state index contributed by atoms with van der Waals surface area (Å²) in [7, 11) is 0. The molecule has 2 unspecified atom stereocenters. The predicted molar refractivity (Wildman–Crippen MR) is 102 cm³/mol. The number of nitrogens with one attached hydrogen (secondary N) is 4. The summed E-state index contributed by atoms with van der Waals surface area (Å²) in [6.07, 6.45) is 0.588. The van der Waals surface area contributed by atoms with Crippen LogP contribution in [0.2, 0.25) is 0 Å². The van der Waals surface area contributed by atoms with Crippen LogP contribution in [0.1, 0.15) is 29.2 Å². The zero-order chi connectivity index (χ0) is 19.2. The minimum absolute atomic E-state index is 0.0466. The summed E-state index contributed by atoms with van der Waals surface area (Å²) in [5.41, 5.74) is 14.0. The number of aryl methyl sites for hydroxylation is 2. The van der Waals surface area contributed by atoms with Crippen LogP contribution in [0.4, 0.5) is 0 Å². The van der Waals surface area contributed by atoms with Gasteiger partial charge in [0.25, 0.3) is 11.8 Å². The van der Waals surface area contributed by atoms with Gasteiger partial charge in [-0.1, -0.05) is 42.5 Å². The standard InChI is InChI=1S/C20H24N4O3/c1-13-8-9-14(2)18(10-13)27-12-19(25)23-24-20(26)17-11-16(21-22-17)15-6-4-3-5-7-15/h3-10,16-17,21-22H,11-12H2,1-2H3,(H,23,25)(H,24,26). The Morgan fingerprint density at radius 1 is 1.07 bits per heavy atom. The molecule has 0 aliphatic carbocycles. The van der Waals surface area contributed by atoms with Crippen molar-refractivity contribution in [2.75, 3.05) is 6.61 Å². The number of hydrazine groups is 2. The van der Waals surface area contributed by atoms with Gasteiger partial charge >= 0.3 is 0 Å². The molecule has 0 spiro atoms. The normalized spacial score (nSPS) is 18.7. The van der Waals surface area contributed by atoms with Crippen molar-refractivity contribution in [3.8, 4) is 5.75 Å². The van der Waals surface area contributed by atoms with Crippen molar-refractivity contribution in [1.82, 2.24) is 21.7 Å². The molecule has 27 heavy (non-hydrogen) atoms. The van der Waals surface area contributed by atoms with Crippen molar-refractivity contribution < 1.29 is 14.3 Å². The Hall–Kier alpha value is -2.90. The van der Waals surface area contributed by atoms with Gasteiger partial charge in [-0.05, 0) is 43.0 Å². The lowest BCUT2D eigenvalue weighted by molar-refractivity contribution is -0.130. The number of amides is 2. The SMILES string of the molecule is Cc1ccc(C)c(OCC(=O)NNC(=O)C2CC(c3ccccc3)NN2)c1. The highest BCUT2D eigenvalue weighted by Crippen LogP contribution is 2.21. The molecule has 2 aromatic carbocycles. The Morgan fingerprint density at radius 2 is 1.85 bits per heavy atom. The van der Waals surface area contributed by atoms with Gasteiger partial charge in [0.15, 0.2) is 6.61 Å². The maximum Gasteiger partial charge on any atom is 0.276 e. The van der Waals surface area contributed by atoms with Crippen molar-refractivity contribution in [2.24, 2.45) is 0 Å². The molecule has 7 nitrogen and oxygen atoms in total. The van der Waals surface area contributed by atoms with Crippen LogP contribution < -0.4 is 26.4 Å². The fraction of sp³-hybridized carbons (Fsp3) is 0.300. The zero-order valence-corrected chi connectivity index (χ0v) is 15.4. The van der Waals surface area contributed by atoms with Crippen molar-refractivity contribution >= 4 is 11.8 Å². The molecular weight excluding hydrogens is 344 g/mol. The second-order valence-corrected chi connectivity index (χ2v) is 6.64. The van der Waals surface area contributed by atoms with Gasteiger partial charge in [-0.2, -0.15) is 0 Å². The highest BCUT2D eigenvalue weighted by Gasteiger charge is 2.30. The molecule has 2 atom stereocenters. The fourth-order valence-corrected chi connectivity index (χ4v) is 2.89. The molecule has 1 aliphatic heterocycles. The average molecular weight is 368 g/mol. The quantitative estimate of drug-likeness (QED) is 0.600. The monoisotopic (exact) mass is 368 g/mol. The second kappa shape index (κ2) is 8.66. The van der Waals surface area contributed by atoms with Crippen LogP contribution in [0, 0.1) is 13.8 Å². The summed E-state index contributed by atoms with van der Waals surface area (Å²) in [6.45, 7) is 3.70. The molecule has 2 aromatic rings. The number of benzene rings is 2. The molecule has 0 radical (unpaired) electrons. The first-order valence-electron chi connectivity index (χ1n) is 8.87. The van der Waals surface area contributed by atoms with Crippen LogP contribution in [-0.4, -0.2) is 24.5 Å². The first-order chi connectivity index (χ1) is 13.0. The van der Waals surface area contributed by atoms with E-state index >= 15 is 0 Å². The Kier molecular flexibility index (Phi) is 6.05. The molecule has 4 N–H and O–H groups in total. The Bertz CT molecular complexity index is 810. The van der Waals surface area contributed by atoms with Gasteiger partial charge in [-0.15, -0.1) is 0 Å². The lowest BCUT2D eigenvalue weighted by Crippen LogP contribution is -2.51. The highest BCUT2D eigenvalue weighted by molar-refractivity contribution is 5.86. The number of ether oxygens (including phenoxy) is 1. The van der Waals surface area contributed by atoms with E-state index in [0.717, 1.165) is 16.7 Å². The van der Waals surface area contributed by atoms with E-state index in [-0.39, 0.29) is 18.6 Å². The van der Waals surface area contributed by atoms with Gasteiger partial charge in [0.1, 0.15) is 11.8 Å². The molecule has 1 saturated heterocycles. The van der Waals surface area contributed by atoms with Crippen molar-refractivity contribution in [3.63, 3.8) is 0 Å². The third-order valence-corrected chi connectivity index (χ3v) is 4.45. The van der Waals surface area contributed by atoms with E-state index in [9.17, 15) is 9.59 Å². The summed E-state index contributed by atoms with van der Waals surface area (Å²) >= 11 is 0. The van der Waals surface area contributed by atoms with E-state index in [1.807, 2.05) is 62.4 Å². The second-order valence-electron chi connectivity index (χ2n) is 6.64. The molecule has 0 bridgehead atoms. The van der Waals surface area contributed by atoms with Gasteiger partial charge in [0.05, 0.1) is 0 Å². The van der Waals surface area contributed by atoms with Crippen molar-refractivity contribution in [1.29, 1.82) is 0 Å². The van der Waals surface area contributed by atoms with E-state index in [2.05, 4.69) is 21.7 Å². The molecule has 1 fully saturated rings. The topological polar surface area (TPSA) is 91.5 Å². The Balaban J connectivity index is 1.42. The van der Waals surface area contributed by atoms with E-state index in [1.54, 1.807) is 0 Å². The number of hydrogen-bond donors (Lipinski definition) is 4. The van der Waals surface area contributed by atoms with Crippen LogP contribution in [0.3, 0.4) is 0 Å². The largest absolute Gasteiger partial charge is 0.483 e. The molecule has 1 heterocycles. The van der Waals surface area contributed by atoms with Gasteiger partial charge in [0.2, 0.25) is 0 Å². The molecule has 0 saturated carbocycles. The van der Waals surface area contributed by atoms with Crippen LogP contribution >= 0.6 is 0 Å². The van der Waals surface area contributed by atoms with Crippen LogP contribution in [0.5, 0.6) is 5.75 Å². The third kappa shape index (κ3) is 5.06. The van der Waals surface area contributed by atoms with Gasteiger partial charge in [0, 0.05) is 6.04 Å². The first kappa shape index (κ1) is 18.9. The molecule has 3 rings (SSSR count). The number of carbonyl (C=O) groups is 2. The van der Waals surface area contributed by atoms with E-state index in [0.29, 0.717) is 12.2 Å². The smallest absolute Gasteiger partial charge is 0.276 e. The van der Waals surface area contributed by atoms with Gasteiger partial charge in [-0.25, -0.2) is 10.9 Å². The van der Waals surface area contributed by atoms with Gasteiger partial charge < -0.3 is 4.74 Å². The first-order valence-corrected chi connectivity index (χ1v) is 8.87. The van der Waals surface area contributed by atoms with Crippen LogP contribution in [-0.2, 0) is 9.59 Å². The van der Waals surface area contributed by atoms with E-state index in [1.165, 1.54) is 0 Å². The molecule has 142 valence electrons. The summed E-state index contributed by atoms with van der Waals surface area (Å²) < 4.78 is 5.52.